The van der Waals surface area contributed by atoms with Crippen molar-refractivity contribution < 1.29 is 14.7 Å². The fourth-order valence-electron chi connectivity index (χ4n) is 2.04. The summed E-state index contributed by atoms with van der Waals surface area (Å²) in [6, 6.07) is 7.02. The number of nitrogens with zero attached hydrogens (tertiary/aromatic N) is 1. The second-order valence-electron chi connectivity index (χ2n) is 4.68. The third kappa shape index (κ3) is 5.15. The molecule has 6 heteroatoms. The van der Waals surface area contributed by atoms with Crippen LogP contribution in [0.3, 0.4) is 0 Å². The molecule has 0 unspecified atom stereocenters. The number of thioether (sulfide) groups is 1. The van der Waals surface area contributed by atoms with Gasteiger partial charge < -0.3 is 15.3 Å². The summed E-state index contributed by atoms with van der Waals surface area (Å²) in [5, 5.41) is 11.5. The molecular weight excluding hydrogens is 288 g/mol. The number of amides is 2. The number of rotatable bonds is 3. The van der Waals surface area contributed by atoms with Crippen LogP contribution in [-0.4, -0.2) is 46.6 Å². The number of anilines is 1. The molecule has 0 aromatic heterocycles. The number of carboxylic acids is 1. The first-order chi connectivity index (χ1) is 10.1. The molecule has 0 saturated carbocycles. The Morgan fingerprint density at radius 1 is 1.29 bits per heavy atom. The van der Waals surface area contributed by atoms with Crippen molar-refractivity contribution in [1.82, 2.24) is 4.90 Å². The lowest BCUT2D eigenvalue weighted by atomic mass is 10.2. The molecule has 1 aliphatic heterocycles. The van der Waals surface area contributed by atoms with Crippen molar-refractivity contribution in [3.63, 3.8) is 0 Å². The van der Waals surface area contributed by atoms with Crippen molar-refractivity contribution in [2.24, 2.45) is 0 Å². The van der Waals surface area contributed by atoms with Gasteiger partial charge in [0.15, 0.2) is 0 Å². The highest BCUT2D eigenvalue weighted by Crippen LogP contribution is 2.15. The lowest BCUT2D eigenvalue weighted by molar-refractivity contribution is -0.131. The lowest BCUT2D eigenvalue weighted by Gasteiger charge is -2.20. The SMILES string of the molecule is O=C(O)/C=C/c1cccc(NC(=O)N2CCCSCC2)c1. The van der Waals surface area contributed by atoms with Crippen LogP contribution in [0.25, 0.3) is 6.08 Å². The van der Waals surface area contributed by atoms with Gasteiger partial charge in [0.2, 0.25) is 0 Å². The monoisotopic (exact) mass is 306 g/mol. The fourth-order valence-corrected chi connectivity index (χ4v) is 2.93. The maximum Gasteiger partial charge on any atom is 0.328 e. The maximum absolute atomic E-state index is 12.2. The zero-order valence-electron chi connectivity index (χ0n) is 11.6. The van der Waals surface area contributed by atoms with E-state index in [1.807, 2.05) is 16.7 Å². The molecule has 5 nitrogen and oxygen atoms in total. The standard InChI is InChI=1S/C15H18N2O3S/c18-14(19)6-5-12-3-1-4-13(11-12)16-15(20)17-7-2-9-21-10-8-17/h1,3-6,11H,2,7-10H2,(H,16,20)(H,18,19)/b6-5+. The minimum atomic E-state index is -0.994. The molecule has 1 aromatic carbocycles. The van der Waals surface area contributed by atoms with Gasteiger partial charge in [-0.3, -0.25) is 0 Å². The molecule has 0 bridgehead atoms. The molecule has 1 aromatic rings. The van der Waals surface area contributed by atoms with Crippen LogP contribution in [0.1, 0.15) is 12.0 Å². The van der Waals surface area contributed by atoms with Crippen LogP contribution in [0.15, 0.2) is 30.3 Å². The number of urea groups is 1. The topological polar surface area (TPSA) is 69.6 Å². The molecule has 0 aliphatic carbocycles. The van der Waals surface area contributed by atoms with Crippen LogP contribution in [0.4, 0.5) is 10.5 Å². The maximum atomic E-state index is 12.2. The average molecular weight is 306 g/mol. The van der Waals surface area contributed by atoms with Crippen molar-refractivity contribution in [2.45, 2.75) is 6.42 Å². The Kier molecular flexibility index (Phi) is 5.68. The zero-order chi connectivity index (χ0) is 15.1. The lowest BCUT2D eigenvalue weighted by Crippen LogP contribution is -2.36. The zero-order valence-corrected chi connectivity index (χ0v) is 12.4. The van der Waals surface area contributed by atoms with E-state index in [2.05, 4.69) is 5.32 Å². The van der Waals surface area contributed by atoms with Crippen LogP contribution in [-0.2, 0) is 4.79 Å². The van der Waals surface area contributed by atoms with E-state index >= 15 is 0 Å². The minimum absolute atomic E-state index is 0.100. The molecule has 0 spiro atoms. The van der Waals surface area contributed by atoms with E-state index < -0.39 is 5.97 Å². The van der Waals surface area contributed by atoms with Gasteiger partial charge >= 0.3 is 12.0 Å². The number of benzene rings is 1. The van der Waals surface area contributed by atoms with Gasteiger partial charge in [-0.05, 0) is 35.9 Å². The molecule has 2 amide bonds. The van der Waals surface area contributed by atoms with Crippen LogP contribution in [0.5, 0.6) is 0 Å². The number of aliphatic carboxylic acids is 1. The van der Waals surface area contributed by atoms with E-state index in [1.165, 1.54) is 6.08 Å². The predicted molar refractivity (Wildman–Crippen MR) is 85.6 cm³/mol. The van der Waals surface area contributed by atoms with Crippen molar-refractivity contribution in [2.75, 3.05) is 29.9 Å². The number of carboxylic acid groups (broad SMARTS) is 1. The third-order valence-electron chi connectivity index (χ3n) is 3.07. The van der Waals surface area contributed by atoms with E-state index in [0.29, 0.717) is 5.69 Å². The summed E-state index contributed by atoms with van der Waals surface area (Å²) in [5.74, 6) is 1.07. The molecule has 0 radical (unpaired) electrons. The Morgan fingerprint density at radius 2 is 2.14 bits per heavy atom. The highest BCUT2D eigenvalue weighted by Gasteiger charge is 2.15. The first kappa shape index (κ1) is 15.4. The molecule has 1 heterocycles. The van der Waals surface area contributed by atoms with Crippen molar-refractivity contribution in [1.29, 1.82) is 0 Å². The summed E-state index contributed by atoms with van der Waals surface area (Å²) < 4.78 is 0. The van der Waals surface area contributed by atoms with Crippen LogP contribution >= 0.6 is 11.8 Å². The molecule has 0 atom stereocenters. The van der Waals surface area contributed by atoms with Crippen LogP contribution in [0, 0.1) is 0 Å². The number of hydrogen-bond donors (Lipinski definition) is 2. The van der Waals surface area contributed by atoms with E-state index in [4.69, 9.17) is 5.11 Å². The number of hydrogen-bond acceptors (Lipinski definition) is 3. The van der Waals surface area contributed by atoms with Crippen LogP contribution in [0.2, 0.25) is 0 Å². The summed E-state index contributed by atoms with van der Waals surface area (Å²) in [6.07, 6.45) is 3.59. The highest BCUT2D eigenvalue weighted by molar-refractivity contribution is 7.99. The molecular formula is C15H18N2O3S. The summed E-state index contributed by atoms with van der Waals surface area (Å²) in [6.45, 7) is 1.53. The van der Waals surface area contributed by atoms with Crippen molar-refractivity contribution in [3.8, 4) is 0 Å². The summed E-state index contributed by atoms with van der Waals surface area (Å²) in [4.78, 5) is 24.5. The van der Waals surface area contributed by atoms with E-state index in [1.54, 1.807) is 24.3 Å². The summed E-state index contributed by atoms with van der Waals surface area (Å²) >= 11 is 1.87. The van der Waals surface area contributed by atoms with Gasteiger partial charge in [-0.1, -0.05) is 12.1 Å². The van der Waals surface area contributed by atoms with Crippen molar-refractivity contribution in [3.05, 3.63) is 35.9 Å². The molecule has 1 aliphatic rings. The normalized spacial score (nSPS) is 15.7. The Hall–Kier alpha value is -1.95. The number of carbonyl (C=O) groups excluding carboxylic acids is 1. The molecule has 1 fully saturated rings. The molecule has 2 N–H and O–H groups in total. The number of carbonyl (C=O) groups is 2. The van der Waals surface area contributed by atoms with E-state index in [-0.39, 0.29) is 6.03 Å². The van der Waals surface area contributed by atoms with Crippen molar-refractivity contribution >= 4 is 35.5 Å². The van der Waals surface area contributed by atoms with Gasteiger partial charge in [0, 0.05) is 30.6 Å². The average Bonchev–Trinajstić information content (AvgIpc) is 2.74. The summed E-state index contributed by atoms with van der Waals surface area (Å²) in [7, 11) is 0. The molecule has 21 heavy (non-hydrogen) atoms. The van der Waals surface area contributed by atoms with Gasteiger partial charge in [-0.25, -0.2) is 9.59 Å². The summed E-state index contributed by atoms with van der Waals surface area (Å²) in [5.41, 5.74) is 1.41. The largest absolute Gasteiger partial charge is 0.478 e. The Bertz CT molecular complexity index is 537. The van der Waals surface area contributed by atoms with Gasteiger partial charge in [0.05, 0.1) is 0 Å². The van der Waals surface area contributed by atoms with Gasteiger partial charge in [0.25, 0.3) is 0 Å². The Balaban J connectivity index is 1.99. The van der Waals surface area contributed by atoms with Gasteiger partial charge in [-0.15, -0.1) is 0 Å². The van der Waals surface area contributed by atoms with E-state index in [0.717, 1.165) is 42.7 Å². The van der Waals surface area contributed by atoms with Gasteiger partial charge in [-0.2, -0.15) is 11.8 Å². The molecule has 1 saturated heterocycles. The smallest absolute Gasteiger partial charge is 0.328 e. The second kappa shape index (κ2) is 7.73. The Morgan fingerprint density at radius 3 is 2.95 bits per heavy atom. The van der Waals surface area contributed by atoms with Gasteiger partial charge in [0.1, 0.15) is 0 Å². The highest BCUT2D eigenvalue weighted by atomic mass is 32.2. The second-order valence-corrected chi connectivity index (χ2v) is 5.90. The fraction of sp³-hybridized carbons (Fsp3) is 0.333. The van der Waals surface area contributed by atoms with E-state index in [9.17, 15) is 9.59 Å². The van der Waals surface area contributed by atoms with Crippen LogP contribution < -0.4 is 5.32 Å². The molecule has 2 rings (SSSR count). The first-order valence-electron chi connectivity index (χ1n) is 6.80. The quantitative estimate of drug-likeness (QED) is 0.843. The third-order valence-corrected chi connectivity index (χ3v) is 4.11. The number of nitrogens with one attached hydrogen (secondary N) is 1. The molecule has 112 valence electrons. The predicted octanol–water partition coefficient (Wildman–Crippen LogP) is 2.76. The Labute approximate surface area is 128 Å². The minimum Gasteiger partial charge on any atom is -0.478 e. The first-order valence-corrected chi connectivity index (χ1v) is 7.95.